The van der Waals surface area contributed by atoms with Crippen molar-refractivity contribution in [3.63, 3.8) is 0 Å². The largest absolute Gasteiger partial charge is 0.546 e. The Morgan fingerprint density at radius 2 is 1.47 bits per heavy atom. The normalized spacial score (nSPS) is 13.2. The van der Waals surface area contributed by atoms with Crippen LogP contribution in [0, 0.1) is 0 Å². The van der Waals surface area contributed by atoms with Gasteiger partial charge in [-0.2, -0.15) is 4.89 Å². The summed E-state index contributed by atoms with van der Waals surface area (Å²) in [5.74, 6) is 0. The molecule has 2 aromatic rings. The lowest BCUT2D eigenvalue weighted by Gasteiger charge is -2.11. The van der Waals surface area contributed by atoms with E-state index < -0.39 is 8.03 Å². The molecule has 0 saturated carbocycles. The first-order valence-corrected chi connectivity index (χ1v) is 6.46. The quantitative estimate of drug-likeness (QED) is 0.815. The molecular weight excluding hydrogens is 233 g/mol. The predicted octanol–water partition coefficient (Wildman–Crippen LogP) is 2.09. The Hall–Kier alpha value is -1.54. The summed E-state index contributed by atoms with van der Waals surface area (Å²) in [6, 6.07) is 16.4. The van der Waals surface area contributed by atoms with Gasteiger partial charge in [0.15, 0.2) is 0 Å². The zero-order valence-corrected chi connectivity index (χ0v) is 10.0. The summed E-state index contributed by atoms with van der Waals surface area (Å²) >= 11 is 0. The minimum absolute atomic E-state index is 0.207. The zero-order valence-electron chi connectivity index (χ0n) is 9.15. The summed E-state index contributed by atoms with van der Waals surface area (Å²) in [6.45, 7) is 0. The van der Waals surface area contributed by atoms with Gasteiger partial charge in [0.1, 0.15) is 0 Å². The van der Waals surface area contributed by atoms with Crippen molar-refractivity contribution in [2.24, 2.45) is 5.73 Å². The first-order valence-electron chi connectivity index (χ1n) is 5.25. The third-order valence-corrected chi connectivity index (χ3v) is 3.37. The van der Waals surface area contributed by atoms with Crippen molar-refractivity contribution in [1.29, 1.82) is 0 Å². The van der Waals surface area contributed by atoms with Gasteiger partial charge in [0.2, 0.25) is 5.30 Å². The minimum Gasteiger partial charge on any atom is -0.320 e. The molecule has 0 aliphatic rings. The van der Waals surface area contributed by atoms with Gasteiger partial charge >= 0.3 is 8.03 Å². The first-order chi connectivity index (χ1) is 8.18. The monoisotopic (exact) mass is 246 g/mol. The van der Waals surface area contributed by atoms with Crippen LogP contribution in [0.15, 0.2) is 54.6 Å². The van der Waals surface area contributed by atoms with E-state index in [1.54, 1.807) is 24.3 Å². The lowest BCUT2D eigenvalue weighted by molar-refractivity contribution is 0.513. The average Bonchev–Trinajstić information content (AvgIpc) is 2.39. The molecular formula is C13H13NO2P+. The SMILES string of the molecule is NC(c1ccccc1)c1ccc([P+](=O)O)cc1. The van der Waals surface area contributed by atoms with Crippen LogP contribution >= 0.6 is 8.03 Å². The van der Waals surface area contributed by atoms with Gasteiger partial charge in [-0.25, -0.2) is 0 Å². The maximum atomic E-state index is 10.9. The Morgan fingerprint density at radius 1 is 0.941 bits per heavy atom. The summed E-state index contributed by atoms with van der Waals surface area (Å²) in [5.41, 5.74) is 8.06. The first kappa shape index (κ1) is 11.9. The summed E-state index contributed by atoms with van der Waals surface area (Å²) in [4.78, 5) is 8.95. The smallest absolute Gasteiger partial charge is 0.320 e. The highest BCUT2D eigenvalue weighted by Crippen LogP contribution is 2.20. The molecule has 0 heterocycles. The molecule has 0 spiro atoms. The van der Waals surface area contributed by atoms with E-state index in [1.165, 1.54) is 0 Å². The summed E-state index contributed by atoms with van der Waals surface area (Å²) in [7, 11) is -2.27. The third-order valence-electron chi connectivity index (χ3n) is 2.63. The van der Waals surface area contributed by atoms with Gasteiger partial charge < -0.3 is 5.73 Å². The van der Waals surface area contributed by atoms with Crippen LogP contribution in [-0.4, -0.2) is 4.89 Å². The van der Waals surface area contributed by atoms with Crippen LogP contribution in [0.3, 0.4) is 0 Å². The van der Waals surface area contributed by atoms with Crippen molar-refractivity contribution in [2.75, 3.05) is 0 Å². The second-order valence-electron chi connectivity index (χ2n) is 3.75. The van der Waals surface area contributed by atoms with E-state index in [-0.39, 0.29) is 6.04 Å². The second kappa shape index (κ2) is 5.19. The van der Waals surface area contributed by atoms with Gasteiger partial charge in [0, 0.05) is 0 Å². The molecule has 0 aromatic heterocycles. The Bertz CT molecular complexity index is 511. The fraction of sp³-hybridized carbons (Fsp3) is 0.0769. The van der Waals surface area contributed by atoms with E-state index in [1.807, 2.05) is 30.3 Å². The lowest BCUT2D eigenvalue weighted by atomic mass is 10.00. The Balaban J connectivity index is 2.26. The molecule has 0 aliphatic carbocycles. The molecule has 17 heavy (non-hydrogen) atoms. The van der Waals surface area contributed by atoms with Gasteiger partial charge in [0.05, 0.1) is 6.04 Å². The van der Waals surface area contributed by atoms with E-state index in [0.29, 0.717) is 5.30 Å². The summed E-state index contributed by atoms with van der Waals surface area (Å²) in [6.07, 6.45) is 0. The number of nitrogens with two attached hydrogens (primary N) is 1. The predicted molar refractivity (Wildman–Crippen MR) is 68.4 cm³/mol. The Morgan fingerprint density at radius 3 is 2.00 bits per heavy atom. The van der Waals surface area contributed by atoms with Crippen LogP contribution < -0.4 is 11.0 Å². The molecule has 0 amide bonds. The maximum absolute atomic E-state index is 10.9. The van der Waals surface area contributed by atoms with Crippen LogP contribution in [0.5, 0.6) is 0 Å². The van der Waals surface area contributed by atoms with Crippen LogP contribution in [0.2, 0.25) is 0 Å². The number of hydrogen-bond acceptors (Lipinski definition) is 2. The van der Waals surface area contributed by atoms with Crippen LogP contribution in [0.4, 0.5) is 0 Å². The number of benzene rings is 2. The molecule has 2 unspecified atom stereocenters. The van der Waals surface area contributed by atoms with Crippen LogP contribution in [0.25, 0.3) is 0 Å². The summed E-state index contributed by atoms with van der Waals surface area (Å²) in [5, 5.41) is 0.420. The van der Waals surface area contributed by atoms with Crippen molar-refractivity contribution in [1.82, 2.24) is 0 Å². The number of hydrogen-bond donors (Lipinski definition) is 2. The van der Waals surface area contributed by atoms with Gasteiger partial charge in [-0.05, 0) is 27.8 Å². The van der Waals surface area contributed by atoms with Crippen molar-refractivity contribution in [2.45, 2.75) is 6.04 Å². The topological polar surface area (TPSA) is 63.3 Å². The summed E-state index contributed by atoms with van der Waals surface area (Å²) < 4.78 is 10.9. The van der Waals surface area contributed by atoms with Crippen molar-refractivity contribution >= 4 is 13.3 Å². The van der Waals surface area contributed by atoms with E-state index in [0.717, 1.165) is 11.1 Å². The van der Waals surface area contributed by atoms with Crippen LogP contribution in [0.1, 0.15) is 17.2 Å². The van der Waals surface area contributed by atoms with Crippen molar-refractivity contribution in [3.8, 4) is 0 Å². The van der Waals surface area contributed by atoms with E-state index >= 15 is 0 Å². The Labute approximate surface area is 101 Å². The van der Waals surface area contributed by atoms with Crippen LogP contribution in [-0.2, 0) is 4.57 Å². The second-order valence-corrected chi connectivity index (χ2v) is 4.82. The van der Waals surface area contributed by atoms with E-state index in [2.05, 4.69) is 0 Å². The molecule has 3 nitrogen and oxygen atoms in total. The van der Waals surface area contributed by atoms with Crippen molar-refractivity contribution < 1.29 is 9.46 Å². The Kier molecular flexibility index (Phi) is 3.64. The maximum Gasteiger partial charge on any atom is 0.546 e. The van der Waals surface area contributed by atoms with Gasteiger partial charge in [0.25, 0.3) is 0 Å². The van der Waals surface area contributed by atoms with Gasteiger partial charge in [-0.1, -0.05) is 42.5 Å². The molecule has 4 heteroatoms. The standard InChI is InChI=1S/C13H12NO2P/c14-13(10-4-2-1-3-5-10)11-6-8-12(9-7-11)17(15)16/h1-9,13H,14H2/p+1. The molecule has 0 fully saturated rings. The molecule has 0 bridgehead atoms. The lowest BCUT2D eigenvalue weighted by Crippen LogP contribution is -2.12. The molecule has 2 atom stereocenters. The highest BCUT2D eigenvalue weighted by molar-refractivity contribution is 7.47. The highest BCUT2D eigenvalue weighted by Gasteiger charge is 2.16. The fourth-order valence-electron chi connectivity index (χ4n) is 1.66. The van der Waals surface area contributed by atoms with E-state index in [4.69, 9.17) is 10.6 Å². The van der Waals surface area contributed by atoms with Gasteiger partial charge in [-0.15, -0.1) is 0 Å². The van der Waals surface area contributed by atoms with Crippen molar-refractivity contribution in [3.05, 3.63) is 65.7 Å². The molecule has 2 rings (SSSR count). The molecule has 0 radical (unpaired) electrons. The van der Waals surface area contributed by atoms with E-state index in [9.17, 15) is 4.57 Å². The molecule has 86 valence electrons. The molecule has 0 saturated heterocycles. The molecule has 3 N–H and O–H groups in total. The van der Waals surface area contributed by atoms with Gasteiger partial charge in [-0.3, -0.25) is 0 Å². The third kappa shape index (κ3) is 2.77. The average molecular weight is 246 g/mol. The number of rotatable bonds is 3. The highest BCUT2D eigenvalue weighted by atomic mass is 31.1. The zero-order chi connectivity index (χ0) is 12.3. The molecule has 2 aromatic carbocycles. The minimum atomic E-state index is -2.27. The fourth-order valence-corrected chi connectivity index (χ4v) is 2.07. The molecule has 0 aliphatic heterocycles.